The van der Waals surface area contributed by atoms with E-state index in [4.69, 9.17) is 14.5 Å². The first kappa shape index (κ1) is 39.0. The topological polar surface area (TPSA) is 135 Å². The summed E-state index contributed by atoms with van der Waals surface area (Å²) in [6, 6.07) is 22.2. The lowest BCUT2D eigenvalue weighted by Gasteiger charge is -2.31. The molecular weight excluding hydrogens is 705 g/mol. The maximum Gasteiger partial charge on any atom is 0.251 e. The highest BCUT2D eigenvalue weighted by Gasteiger charge is 2.23. The second-order valence-electron chi connectivity index (χ2n) is 14.8. The molecule has 12 heteroatoms. The molecule has 56 heavy (non-hydrogen) atoms. The van der Waals surface area contributed by atoms with Crippen molar-refractivity contribution in [3.8, 4) is 16.9 Å². The fourth-order valence-electron chi connectivity index (χ4n) is 7.77. The summed E-state index contributed by atoms with van der Waals surface area (Å²) in [6.07, 6.45) is 4.36. The Labute approximate surface area is 329 Å². The van der Waals surface area contributed by atoms with Crippen LogP contribution in [0.15, 0.2) is 72.9 Å². The van der Waals surface area contributed by atoms with E-state index in [9.17, 15) is 9.59 Å². The van der Waals surface area contributed by atoms with E-state index in [1.807, 2.05) is 23.0 Å². The van der Waals surface area contributed by atoms with Crippen LogP contribution in [0.5, 0.6) is 5.75 Å². The van der Waals surface area contributed by atoms with Crippen molar-refractivity contribution in [1.29, 1.82) is 0 Å². The number of piperazine rings is 1. The number of aryl methyl sites for hydroxylation is 2. The van der Waals surface area contributed by atoms with E-state index < -0.39 is 0 Å². The number of anilines is 1. The molecule has 4 N–H and O–H groups in total. The van der Waals surface area contributed by atoms with Crippen LogP contribution in [0.1, 0.15) is 76.7 Å². The van der Waals surface area contributed by atoms with Crippen LogP contribution in [0.2, 0.25) is 0 Å². The molecule has 0 unspecified atom stereocenters. The number of benzene rings is 3. The Morgan fingerprint density at radius 3 is 2.41 bits per heavy atom. The molecule has 0 aliphatic carbocycles. The lowest BCUT2D eigenvalue weighted by Crippen LogP contribution is -2.48. The summed E-state index contributed by atoms with van der Waals surface area (Å²) in [5.74, 6) is 0.182. The standard InChI is InChI=1S/C44H54N8O4/c1-5-40-38(41(49-36-13-17-56-18-14-36)39-26-48-52(6-2)42(39)50-40)25-47-44(54)34-12-8-11-33(22-34)43(53)46-24-31-20-35(23-37(21-31)55-4)32-10-7-9-30(19-32)28-51-16-15-45-29(3)27-51/h7-12,19-23,26,29,36,45H,5-6,13-18,24-25,27-28H2,1-4H3,(H,46,53)(H,47,54)(H,49,50)/t29-/m0/s1. The molecule has 7 rings (SSSR count). The Morgan fingerprint density at radius 2 is 1.68 bits per heavy atom. The molecule has 5 aromatic rings. The number of nitrogens with zero attached hydrogens (tertiary/aromatic N) is 4. The first-order valence-corrected chi connectivity index (χ1v) is 19.9. The van der Waals surface area contributed by atoms with Crippen molar-refractivity contribution in [2.24, 2.45) is 0 Å². The minimum Gasteiger partial charge on any atom is -0.497 e. The molecule has 2 saturated heterocycles. The zero-order valence-corrected chi connectivity index (χ0v) is 33.0. The zero-order chi connectivity index (χ0) is 39.0. The van der Waals surface area contributed by atoms with Crippen LogP contribution >= 0.6 is 0 Å². The fraction of sp³-hybridized carbons (Fsp3) is 0.409. The minimum absolute atomic E-state index is 0.250. The van der Waals surface area contributed by atoms with E-state index in [-0.39, 0.29) is 24.4 Å². The Bertz CT molecular complexity index is 2160. The molecule has 1 atom stereocenters. The number of nitrogens with one attached hydrogen (secondary N) is 4. The number of rotatable bonds is 14. The van der Waals surface area contributed by atoms with Gasteiger partial charge in [0.1, 0.15) is 5.75 Å². The molecule has 4 heterocycles. The van der Waals surface area contributed by atoms with Gasteiger partial charge in [-0.2, -0.15) is 5.10 Å². The average molecular weight is 759 g/mol. The highest BCUT2D eigenvalue weighted by atomic mass is 16.5. The second-order valence-corrected chi connectivity index (χ2v) is 14.8. The lowest BCUT2D eigenvalue weighted by atomic mass is 10.00. The van der Waals surface area contributed by atoms with Gasteiger partial charge in [0.05, 0.1) is 24.4 Å². The summed E-state index contributed by atoms with van der Waals surface area (Å²) < 4.78 is 13.2. The van der Waals surface area contributed by atoms with Gasteiger partial charge < -0.3 is 30.7 Å². The van der Waals surface area contributed by atoms with Crippen molar-refractivity contribution in [3.05, 3.63) is 106 Å². The number of hydrogen-bond acceptors (Lipinski definition) is 9. The van der Waals surface area contributed by atoms with Gasteiger partial charge in [-0.15, -0.1) is 0 Å². The molecule has 0 spiro atoms. The number of amides is 2. The van der Waals surface area contributed by atoms with Crippen LogP contribution in [0.4, 0.5) is 5.69 Å². The first-order valence-electron chi connectivity index (χ1n) is 19.9. The first-order chi connectivity index (χ1) is 27.3. The third-order valence-corrected chi connectivity index (χ3v) is 10.8. The molecule has 12 nitrogen and oxygen atoms in total. The Morgan fingerprint density at radius 1 is 0.929 bits per heavy atom. The van der Waals surface area contributed by atoms with Crippen molar-refractivity contribution in [2.45, 2.75) is 78.3 Å². The van der Waals surface area contributed by atoms with Gasteiger partial charge in [-0.05, 0) is 97.8 Å². The van der Waals surface area contributed by atoms with Gasteiger partial charge in [0, 0.05) is 93.5 Å². The van der Waals surface area contributed by atoms with Crippen molar-refractivity contribution < 1.29 is 19.1 Å². The van der Waals surface area contributed by atoms with Gasteiger partial charge in [-0.1, -0.05) is 31.2 Å². The fourth-order valence-corrected chi connectivity index (χ4v) is 7.77. The minimum atomic E-state index is -0.269. The summed E-state index contributed by atoms with van der Waals surface area (Å²) in [7, 11) is 1.65. The molecule has 2 fully saturated rings. The molecular formula is C44H54N8O4. The normalized spacial score (nSPS) is 16.5. The third kappa shape index (κ3) is 9.21. The summed E-state index contributed by atoms with van der Waals surface area (Å²) in [5.41, 5.74) is 8.76. The molecule has 0 radical (unpaired) electrons. The van der Waals surface area contributed by atoms with Gasteiger partial charge in [0.15, 0.2) is 5.65 Å². The molecule has 294 valence electrons. The predicted molar refractivity (Wildman–Crippen MR) is 220 cm³/mol. The lowest BCUT2D eigenvalue weighted by molar-refractivity contribution is 0.0904. The molecule has 3 aromatic carbocycles. The second kappa shape index (κ2) is 18.1. The highest BCUT2D eigenvalue weighted by Crippen LogP contribution is 2.32. The van der Waals surface area contributed by atoms with E-state index in [0.717, 1.165) is 89.4 Å². The van der Waals surface area contributed by atoms with Crippen LogP contribution < -0.4 is 26.0 Å². The number of ether oxygens (including phenoxy) is 2. The SMILES string of the molecule is CCc1nc2c(cnn2CC)c(NC2CCOCC2)c1CNC(=O)c1cccc(C(=O)NCc2cc(OC)cc(-c3cccc(CN4CCN[C@@H](C)C4)c3)c2)c1. The van der Waals surface area contributed by atoms with Crippen LogP contribution in [0.25, 0.3) is 22.2 Å². The number of fused-ring (bicyclic) bond motifs is 1. The maximum atomic E-state index is 13.6. The van der Waals surface area contributed by atoms with Crippen molar-refractivity contribution >= 4 is 28.5 Å². The zero-order valence-electron chi connectivity index (χ0n) is 33.0. The summed E-state index contributed by atoms with van der Waals surface area (Å²) >= 11 is 0. The highest BCUT2D eigenvalue weighted by molar-refractivity contribution is 6.00. The maximum absolute atomic E-state index is 13.6. The number of aromatic nitrogens is 3. The number of carbonyl (C=O) groups excluding carboxylic acids is 2. The predicted octanol–water partition coefficient (Wildman–Crippen LogP) is 5.93. The Hall–Kier alpha value is -5.30. The van der Waals surface area contributed by atoms with E-state index in [1.165, 1.54) is 5.56 Å². The molecule has 2 amide bonds. The smallest absolute Gasteiger partial charge is 0.251 e. The van der Waals surface area contributed by atoms with Gasteiger partial charge in [0.2, 0.25) is 0 Å². The van der Waals surface area contributed by atoms with Gasteiger partial charge in [-0.25, -0.2) is 9.67 Å². The molecule has 2 aliphatic heterocycles. The van der Waals surface area contributed by atoms with Gasteiger partial charge >= 0.3 is 0 Å². The van der Waals surface area contributed by atoms with Crippen LogP contribution in [-0.4, -0.2) is 83.5 Å². The monoisotopic (exact) mass is 758 g/mol. The Balaban J connectivity index is 1.03. The number of hydrogen-bond donors (Lipinski definition) is 4. The molecule has 2 aromatic heterocycles. The van der Waals surface area contributed by atoms with Crippen LogP contribution in [0.3, 0.4) is 0 Å². The number of carbonyl (C=O) groups is 2. The quantitative estimate of drug-likeness (QED) is 0.109. The van der Waals surface area contributed by atoms with Crippen molar-refractivity contribution in [3.63, 3.8) is 0 Å². The van der Waals surface area contributed by atoms with Gasteiger partial charge in [-0.3, -0.25) is 14.5 Å². The van der Waals surface area contributed by atoms with E-state index in [1.54, 1.807) is 31.4 Å². The molecule has 2 aliphatic rings. The summed E-state index contributed by atoms with van der Waals surface area (Å²) in [5, 5.41) is 19.0. The summed E-state index contributed by atoms with van der Waals surface area (Å²) in [6.45, 7) is 13.0. The van der Waals surface area contributed by atoms with E-state index in [2.05, 4.69) is 82.4 Å². The third-order valence-electron chi connectivity index (χ3n) is 10.8. The van der Waals surface area contributed by atoms with Crippen LogP contribution in [-0.2, 0) is 37.3 Å². The molecule has 0 bridgehead atoms. The van der Waals surface area contributed by atoms with E-state index in [0.29, 0.717) is 49.9 Å². The number of pyridine rings is 1. The van der Waals surface area contributed by atoms with Gasteiger partial charge in [0.25, 0.3) is 11.8 Å². The van der Waals surface area contributed by atoms with Crippen LogP contribution in [0, 0.1) is 0 Å². The largest absolute Gasteiger partial charge is 0.497 e. The van der Waals surface area contributed by atoms with Crippen molar-refractivity contribution in [2.75, 3.05) is 45.3 Å². The van der Waals surface area contributed by atoms with E-state index >= 15 is 0 Å². The number of methoxy groups -OCH3 is 1. The summed E-state index contributed by atoms with van der Waals surface area (Å²) in [4.78, 5) is 34.6. The average Bonchev–Trinajstić information content (AvgIpc) is 3.65. The van der Waals surface area contributed by atoms with Crippen molar-refractivity contribution in [1.82, 2.24) is 35.6 Å². The molecule has 0 saturated carbocycles. The Kier molecular flexibility index (Phi) is 12.6.